The van der Waals surface area contributed by atoms with Crippen LogP contribution in [0, 0.1) is 5.92 Å². The van der Waals surface area contributed by atoms with Crippen molar-refractivity contribution in [3.63, 3.8) is 0 Å². The van der Waals surface area contributed by atoms with Crippen molar-refractivity contribution in [1.82, 2.24) is 4.90 Å². The first kappa shape index (κ1) is 13.4. The van der Waals surface area contributed by atoms with Crippen LogP contribution < -0.4 is 5.32 Å². The Morgan fingerprint density at radius 3 is 2.47 bits per heavy atom. The van der Waals surface area contributed by atoms with E-state index >= 15 is 0 Å². The minimum Gasteiger partial charge on any atom is -0.481 e. The molecule has 0 saturated carbocycles. The molecule has 2 amide bonds. The van der Waals surface area contributed by atoms with E-state index in [2.05, 4.69) is 12.2 Å². The van der Waals surface area contributed by atoms with Crippen molar-refractivity contribution in [2.75, 3.05) is 18.4 Å². The van der Waals surface area contributed by atoms with Gasteiger partial charge in [0.25, 0.3) is 0 Å². The zero-order valence-electron chi connectivity index (χ0n) is 10.9. The van der Waals surface area contributed by atoms with Crippen LogP contribution in [0.1, 0.15) is 18.9 Å². The first-order chi connectivity index (χ1) is 9.10. The van der Waals surface area contributed by atoms with Gasteiger partial charge in [0.15, 0.2) is 0 Å². The van der Waals surface area contributed by atoms with Gasteiger partial charge in [0.05, 0.1) is 5.92 Å². The van der Waals surface area contributed by atoms with Crippen LogP contribution in [0.3, 0.4) is 0 Å². The number of nitrogens with one attached hydrogen (secondary N) is 1. The molecular weight excluding hydrogens is 244 g/mol. The lowest BCUT2D eigenvalue weighted by atomic mass is 10.0. The smallest absolute Gasteiger partial charge is 0.321 e. The molecule has 0 spiro atoms. The summed E-state index contributed by atoms with van der Waals surface area (Å²) >= 11 is 0. The molecule has 5 nitrogen and oxygen atoms in total. The number of rotatable bonds is 4. The van der Waals surface area contributed by atoms with Gasteiger partial charge in [-0.05, 0) is 24.1 Å². The van der Waals surface area contributed by atoms with Gasteiger partial charge < -0.3 is 15.3 Å². The zero-order valence-corrected chi connectivity index (χ0v) is 10.9. The van der Waals surface area contributed by atoms with E-state index in [1.54, 1.807) is 0 Å². The predicted octanol–water partition coefficient (Wildman–Crippen LogP) is 2.19. The Balaban J connectivity index is 1.84. The fourth-order valence-corrected chi connectivity index (χ4v) is 2.05. The number of carbonyl (C=O) groups excluding carboxylic acids is 1. The number of hydrogen-bond acceptors (Lipinski definition) is 2. The summed E-state index contributed by atoms with van der Waals surface area (Å²) in [6.07, 6.45) is 2.12. The van der Waals surface area contributed by atoms with E-state index in [4.69, 9.17) is 5.11 Å². The van der Waals surface area contributed by atoms with Crippen molar-refractivity contribution in [3.8, 4) is 0 Å². The summed E-state index contributed by atoms with van der Waals surface area (Å²) < 4.78 is 0. The van der Waals surface area contributed by atoms with Crippen LogP contribution in [-0.2, 0) is 11.2 Å². The second kappa shape index (κ2) is 5.73. The number of aliphatic carboxylic acids is 1. The van der Waals surface area contributed by atoms with E-state index in [1.807, 2.05) is 24.3 Å². The Bertz CT molecular complexity index is 464. The monoisotopic (exact) mass is 262 g/mol. The highest BCUT2D eigenvalue weighted by Gasteiger charge is 2.35. The Hall–Kier alpha value is -2.04. The molecule has 1 heterocycles. The summed E-state index contributed by atoms with van der Waals surface area (Å²) in [7, 11) is 0. The van der Waals surface area contributed by atoms with E-state index in [9.17, 15) is 9.59 Å². The normalized spacial score (nSPS) is 14.9. The van der Waals surface area contributed by atoms with Crippen molar-refractivity contribution >= 4 is 17.7 Å². The molecule has 19 heavy (non-hydrogen) atoms. The van der Waals surface area contributed by atoms with Crippen LogP contribution in [0.25, 0.3) is 0 Å². The van der Waals surface area contributed by atoms with Gasteiger partial charge in [-0.2, -0.15) is 0 Å². The van der Waals surface area contributed by atoms with Crippen molar-refractivity contribution < 1.29 is 14.7 Å². The summed E-state index contributed by atoms with van der Waals surface area (Å²) in [5.41, 5.74) is 1.99. The number of carboxylic acid groups (broad SMARTS) is 1. The number of carboxylic acids is 1. The van der Waals surface area contributed by atoms with Gasteiger partial charge in [0.1, 0.15) is 0 Å². The molecule has 1 saturated heterocycles. The molecule has 1 aromatic carbocycles. The summed E-state index contributed by atoms with van der Waals surface area (Å²) in [6.45, 7) is 2.70. The molecule has 5 heteroatoms. The van der Waals surface area contributed by atoms with Gasteiger partial charge >= 0.3 is 12.0 Å². The highest BCUT2D eigenvalue weighted by molar-refractivity contribution is 5.91. The third kappa shape index (κ3) is 3.24. The van der Waals surface area contributed by atoms with Gasteiger partial charge in [0, 0.05) is 18.8 Å². The van der Waals surface area contributed by atoms with Crippen LogP contribution in [-0.4, -0.2) is 35.1 Å². The second-order valence-electron chi connectivity index (χ2n) is 4.82. The SMILES string of the molecule is CCCc1ccc(NC(=O)N2CC(C(=O)O)C2)cc1. The Kier molecular flexibility index (Phi) is 4.04. The van der Waals surface area contributed by atoms with E-state index in [0.29, 0.717) is 0 Å². The van der Waals surface area contributed by atoms with Gasteiger partial charge in [-0.3, -0.25) is 4.79 Å². The van der Waals surface area contributed by atoms with Crippen molar-refractivity contribution in [2.45, 2.75) is 19.8 Å². The molecule has 0 aromatic heterocycles. The molecule has 0 atom stereocenters. The van der Waals surface area contributed by atoms with Crippen molar-refractivity contribution in [3.05, 3.63) is 29.8 Å². The Morgan fingerprint density at radius 1 is 1.32 bits per heavy atom. The van der Waals surface area contributed by atoms with Gasteiger partial charge in [-0.15, -0.1) is 0 Å². The molecule has 1 fully saturated rings. The lowest BCUT2D eigenvalue weighted by Gasteiger charge is -2.36. The maximum absolute atomic E-state index is 11.8. The molecule has 1 aliphatic rings. The maximum Gasteiger partial charge on any atom is 0.321 e. The minimum atomic E-state index is -0.840. The number of benzene rings is 1. The first-order valence-electron chi connectivity index (χ1n) is 6.48. The lowest BCUT2D eigenvalue weighted by Crippen LogP contribution is -2.54. The average molecular weight is 262 g/mol. The molecule has 0 aliphatic carbocycles. The molecule has 2 N–H and O–H groups in total. The number of likely N-dealkylation sites (tertiary alicyclic amines) is 1. The molecule has 1 aromatic rings. The standard InChI is InChI=1S/C14H18N2O3/c1-2-3-10-4-6-12(7-5-10)15-14(19)16-8-11(9-16)13(17)18/h4-7,11H,2-3,8-9H2,1H3,(H,15,19)(H,17,18). The van der Waals surface area contributed by atoms with Crippen LogP contribution in [0.2, 0.25) is 0 Å². The molecule has 0 radical (unpaired) electrons. The maximum atomic E-state index is 11.8. The number of nitrogens with zero attached hydrogens (tertiary/aromatic N) is 1. The third-order valence-corrected chi connectivity index (χ3v) is 3.26. The van der Waals surface area contributed by atoms with E-state index in [-0.39, 0.29) is 19.1 Å². The van der Waals surface area contributed by atoms with Crippen LogP contribution in [0.15, 0.2) is 24.3 Å². The highest BCUT2D eigenvalue weighted by Crippen LogP contribution is 2.18. The summed E-state index contributed by atoms with van der Waals surface area (Å²) in [6, 6.07) is 7.50. The van der Waals surface area contributed by atoms with Crippen LogP contribution >= 0.6 is 0 Å². The van der Waals surface area contributed by atoms with Gasteiger partial charge in [-0.25, -0.2) is 4.79 Å². The van der Waals surface area contributed by atoms with Gasteiger partial charge in [-0.1, -0.05) is 25.5 Å². The fraction of sp³-hybridized carbons (Fsp3) is 0.429. The minimum absolute atomic E-state index is 0.235. The summed E-state index contributed by atoms with van der Waals surface area (Å²) in [5, 5.41) is 11.5. The number of hydrogen-bond donors (Lipinski definition) is 2. The largest absolute Gasteiger partial charge is 0.481 e. The predicted molar refractivity (Wildman–Crippen MR) is 72.2 cm³/mol. The average Bonchev–Trinajstić information content (AvgIpc) is 2.29. The quantitative estimate of drug-likeness (QED) is 0.873. The number of carbonyl (C=O) groups is 2. The topological polar surface area (TPSA) is 69.6 Å². The van der Waals surface area contributed by atoms with Crippen LogP contribution in [0.5, 0.6) is 0 Å². The lowest BCUT2D eigenvalue weighted by molar-refractivity contribution is -0.145. The zero-order chi connectivity index (χ0) is 13.8. The fourth-order valence-electron chi connectivity index (χ4n) is 2.05. The van der Waals surface area contributed by atoms with Crippen molar-refractivity contribution in [2.24, 2.45) is 5.92 Å². The first-order valence-corrected chi connectivity index (χ1v) is 6.48. The van der Waals surface area contributed by atoms with Crippen LogP contribution in [0.4, 0.5) is 10.5 Å². The number of urea groups is 1. The second-order valence-corrected chi connectivity index (χ2v) is 4.82. The summed E-state index contributed by atoms with van der Waals surface area (Å²) in [4.78, 5) is 23.9. The van der Waals surface area contributed by atoms with E-state index in [1.165, 1.54) is 10.5 Å². The molecule has 1 aliphatic heterocycles. The third-order valence-electron chi connectivity index (χ3n) is 3.26. The highest BCUT2D eigenvalue weighted by atomic mass is 16.4. The number of anilines is 1. The summed E-state index contributed by atoms with van der Waals surface area (Å²) in [5.74, 6) is -1.26. The van der Waals surface area contributed by atoms with E-state index < -0.39 is 11.9 Å². The molecule has 102 valence electrons. The van der Waals surface area contributed by atoms with E-state index in [0.717, 1.165) is 18.5 Å². The van der Waals surface area contributed by atoms with Gasteiger partial charge in [0.2, 0.25) is 0 Å². The Morgan fingerprint density at radius 2 is 1.95 bits per heavy atom. The van der Waals surface area contributed by atoms with Crippen molar-refractivity contribution in [1.29, 1.82) is 0 Å². The molecule has 0 bridgehead atoms. The molecular formula is C14H18N2O3. The number of amides is 2. The molecule has 2 rings (SSSR count). The Labute approximate surface area is 112 Å². The molecule has 0 unspecified atom stereocenters. The number of aryl methyl sites for hydroxylation is 1.